The number of methoxy groups -OCH3 is 1. The lowest BCUT2D eigenvalue weighted by molar-refractivity contribution is -0.149. The average molecular weight is 210 g/mol. The molecule has 0 aromatic rings. The Morgan fingerprint density at radius 3 is 2.67 bits per heavy atom. The third kappa shape index (κ3) is 1.68. The van der Waals surface area contributed by atoms with Gasteiger partial charge in [0.2, 0.25) is 0 Å². The minimum absolute atomic E-state index is 0.0901. The lowest BCUT2D eigenvalue weighted by Gasteiger charge is -2.19. The van der Waals surface area contributed by atoms with Crippen molar-refractivity contribution in [2.45, 2.75) is 33.1 Å². The Hall–Kier alpha value is -0.860. The van der Waals surface area contributed by atoms with Crippen LogP contribution in [0.5, 0.6) is 0 Å². The van der Waals surface area contributed by atoms with Gasteiger partial charge in [0.1, 0.15) is 11.7 Å². The first kappa shape index (κ1) is 10.7. The Kier molecular flexibility index (Phi) is 2.36. The van der Waals surface area contributed by atoms with Gasteiger partial charge in [-0.25, -0.2) is 0 Å². The van der Waals surface area contributed by atoms with E-state index in [-0.39, 0.29) is 23.1 Å². The van der Waals surface area contributed by atoms with E-state index in [1.807, 2.05) is 0 Å². The summed E-state index contributed by atoms with van der Waals surface area (Å²) in [5, 5.41) is 0. The summed E-state index contributed by atoms with van der Waals surface area (Å²) < 4.78 is 4.72. The first-order chi connectivity index (χ1) is 6.94. The lowest BCUT2D eigenvalue weighted by Crippen LogP contribution is -2.27. The maximum atomic E-state index is 11.7. The van der Waals surface area contributed by atoms with Crippen molar-refractivity contribution in [3.63, 3.8) is 0 Å². The fraction of sp³-hybridized carbons (Fsp3) is 0.833. The highest BCUT2D eigenvalue weighted by Gasteiger charge is 2.53. The molecule has 0 aromatic carbocycles. The van der Waals surface area contributed by atoms with Crippen molar-refractivity contribution in [1.82, 2.24) is 0 Å². The number of hydrogen-bond donors (Lipinski definition) is 0. The molecule has 0 amide bonds. The zero-order chi connectivity index (χ0) is 11.2. The normalized spacial score (nSPS) is 37.8. The fourth-order valence-corrected chi connectivity index (χ4v) is 3.42. The molecule has 3 atom stereocenters. The Morgan fingerprint density at radius 1 is 1.40 bits per heavy atom. The standard InChI is InChI=1S/C12H18O3/c1-12(2)5-7-4-9(13)10(8(7)6-12)11(14)15-3/h7-8,10H,4-6H2,1-3H3/t7?,8?,10-/m1/s1. The number of rotatable bonds is 1. The van der Waals surface area contributed by atoms with Crippen molar-refractivity contribution in [3.8, 4) is 0 Å². The highest BCUT2D eigenvalue weighted by molar-refractivity contribution is 6.01. The highest BCUT2D eigenvalue weighted by Crippen LogP contribution is 2.53. The monoisotopic (exact) mass is 210 g/mol. The molecule has 3 nitrogen and oxygen atoms in total. The van der Waals surface area contributed by atoms with Gasteiger partial charge in [-0.05, 0) is 30.1 Å². The Labute approximate surface area is 90.2 Å². The van der Waals surface area contributed by atoms with Crippen LogP contribution in [-0.4, -0.2) is 18.9 Å². The van der Waals surface area contributed by atoms with Crippen molar-refractivity contribution in [2.75, 3.05) is 7.11 Å². The predicted molar refractivity (Wildman–Crippen MR) is 55.1 cm³/mol. The summed E-state index contributed by atoms with van der Waals surface area (Å²) in [5.74, 6) is -0.0594. The topological polar surface area (TPSA) is 43.4 Å². The summed E-state index contributed by atoms with van der Waals surface area (Å²) in [6.07, 6.45) is 2.62. The summed E-state index contributed by atoms with van der Waals surface area (Å²) in [7, 11) is 1.36. The molecule has 0 bridgehead atoms. The number of ketones is 1. The van der Waals surface area contributed by atoms with Gasteiger partial charge in [0.05, 0.1) is 7.11 Å². The summed E-state index contributed by atoms with van der Waals surface area (Å²) in [6.45, 7) is 4.42. The van der Waals surface area contributed by atoms with Crippen LogP contribution in [0.2, 0.25) is 0 Å². The molecule has 0 N–H and O–H groups in total. The second-order valence-electron chi connectivity index (χ2n) is 5.67. The van der Waals surface area contributed by atoms with Gasteiger partial charge < -0.3 is 4.74 Å². The molecule has 0 aliphatic heterocycles. The second kappa shape index (κ2) is 3.32. The van der Waals surface area contributed by atoms with Crippen molar-refractivity contribution < 1.29 is 14.3 Å². The number of esters is 1. The molecule has 0 heterocycles. The zero-order valence-electron chi connectivity index (χ0n) is 9.58. The molecular weight excluding hydrogens is 192 g/mol. The van der Waals surface area contributed by atoms with E-state index in [0.29, 0.717) is 12.3 Å². The van der Waals surface area contributed by atoms with Crippen LogP contribution in [0, 0.1) is 23.2 Å². The summed E-state index contributed by atoms with van der Waals surface area (Å²) in [4.78, 5) is 23.2. The van der Waals surface area contributed by atoms with Crippen LogP contribution in [0.4, 0.5) is 0 Å². The van der Waals surface area contributed by atoms with Crippen LogP contribution < -0.4 is 0 Å². The van der Waals surface area contributed by atoms with Gasteiger partial charge in [0, 0.05) is 6.42 Å². The largest absolute Gasteiger partial charge is 0.468 e. The number of carbonyl (C=O) groups is 2. The Morgan fingerprint density at radius 2 is 2.07 bits per heavy atom. The molecule has 0 spiro atoms. The van der Waals surface area contributed by atoms with Crippen molar-refractivity contribution in [2.24, 2.45) is 23.2 Å². The minimum Gasteiger partial charge on any atom is -0.468 e. The molecule has 0 radical (unpaired) electrons. The predicted octanol–water partition coefficient (Wildman–Crippen LogP) is 1.80. The maximum absolute atomic E-state index is 11.7. The molecule has 2 unspecified atom stereocenters. The van der Waals surface area contributed by atoms with Gasteiger partial charge in [-0.2, -0.15) is 0 Å². The minimum atomic E-state index is -0.471. The first-order valence-electron chi connectivity index (χ1n) is 5.55. The molecule has 15 heavy (non-hydrogen) atoms. The third-order valence-electron chi connectivity index (χ3n) is 3.90. The second-order valence-corrected chi connectivity index (χ2v) is 5.67. The lowest BCUT2D eigenvalue weighted by atomic mass is 9.85. The molecule has 0 saturated heterocycles. The van der Waals surface area contributed by atoms with Gasteiger partial charge in [-0.1, -0.05) is 13.8 Å². The molecule has 2 saturated carbocycles. The van der Waals surface area contributed by atoms with Crippen molar-refractivity contribution in [3.05, 3.63) is 0 Å². The van der Waals surface area contributed by atoms with Gasteiger partial charge in [-0.15, -0.1) is 0 Å². The molecule has 84 valence electrons. The Bertz CT molecular complexity index is 298. The molecular formula is C12H18O3. The number of fused-ring (bicyclic) bond motifs is 1. The van der Waals surface area contributed by atoms with E-state index in [9.17, 15) is 9.59 Å². The van der Waals surface area contributed by atoms with Crippen LogP contribution in [-0.2, 0) is 14.3 Å². The van der Waals surface area contributed by atoms with Crippen LogP contribution in [0.15, 0.2) is 0 Å². The molecule has 2 rings (SSSR count). The SMILES string of the molecule is COC(=O)[C@H]1C(=O)CC2CC(C)(C)CC21. The molecule has 2 aliphatic rings. The number of Topliss-reactive ketones (excluding diaryl/α,β-unsaturated/α-hetero) is 1. The van der Waals surface area contributed by atoms with E-state index in [4.69, 9.17) is 4.74 Å². The van der Waals surface area contributed by atoms with Gasteiger partial charge in [0.15, 0.2) is 0 Å². The van der Waals surface area contributed by atoms with E-state index >= 15 is 0 Å². The van der Waals surface area contributed by atoms with Crippen LogP contribution >= 0.6 is 0 Å². The van der Waals surface area contributed by atoms with E-state index in [0.717, 1.165) is 12.8 Å². The third-order valence-corrected chi connectivity index (χ3v) is 3.90. The van der Waals surface area contributed by atoms with E-state index < -0.39 is 5.92 Å². The van der Waals surface area contributed by atoms with E-state index in [1.165, 1.54) is 7.11 Å². The number of hydrogen-bond acceptors (Lipinski definition) is 3. The highest BCUT2D eigenvalue weighted by atomic mass is 16.5. The van der Waals surface area contributed by atoms with Gasteiger partial charge in [0.25, 0.3) is 0 Å². The van der Waals surface area contributed by atoms with Crippen LogP contribution in [0.1, 0.15) is 33.1 Å². The van der Waals surface area contributed by atoms with E-state index in [2.05, 4.69) is 13.8 Å². The number of carbonyl (C=O) groups excluding carboxylic acids is 2. The molecule has 3 heteroatoms. The Balaban J connectivity index is 2.19. The van der Waals surface area contributed by atoms with Gasteiger partial charge in [-0.3, -0.25) is 9.59 Å². The smallest absolute Gasteiger partial charge is 0.316 e. The number of ether oxygens (including phenoxy) is 1. The van der Waals surface area contributed by atoms with E-state index in [1.54, 1.807) is 0 Å². The van der Waals surface area contributed by atoms with Crippen molar-refractivity contribution >= 4 is 11.8 Å². The molecule has 2 fully saturated rings. The molecule has 2 aliphatic carbocycles. The summed E-state index contributed by atoms with van der Waals surface area (Å²) in [6, 6.07) is 0. The summed E-state index contributed by atoms with van der Waals surface area (Å²) >= 11 is 0. The van der Waals surface area contributed by atoms with Crippen LogP contribution in [0.3, 0.4) is 0 Å². The fourth-order valence-electron chi connectivity index (χ4n) is 3.42. The summed E-state index contributed by atoms with van der Waals surface area (Å²) in [5.41, 5.74) is 0.280. The average Bonchev–Trinajstić information content (AvgIpc) is 2.54. The zero-order valence-corrected chi connectivity index (χ0v) is 9.58. The quantitative estimate of drug-likeness (QED) is 0.489. The van der Waals surface area contributed by atoms with Gasteiger partial charge >= 0.3 is 5.97 Å². The van der Waals surface area contributed by atoms with Crippen LogP contribution in [0.25, 0.3) is 0 Å². The van der Waals surface area contributed by atoms with Crippen molar-refractivity contribution in [1.29, 1.82) is 0 Å². The first-order valence-corrected chi connectivity index (χ1v) is 5.55. The molecule has 0 aromatic heterocycles. The maximum Gasteiger partial charge on any atom is 0.316 e.